The van der Waals surface area contributed by atoms with E-state index in [1.807, 2.05) is 0 Å². The third-order valence-electron chi connectivity index (χ3n) is 3.46. The highest BCUT2D eigenvalue weighted by Crippen LogP contribution is 2.26. The Balaban J connectivity index is 2.02. The Labute approximate surface area is 103 Å². The second kappa shape index (κ2) is 4.48. The average molecular weight is 229 g/mol. The van der Waals surface area contributed by atoms with E-state index in [1.165, 1.54) is 11.1 Å². The first kappa shape index (κ1) is 12.1. The molecule has 17 heavy (non-hydrogen) atoms. The van der Waals surface area contributed by atoms with Crippen molar-refractivity contribution in [2.45, 2.75) is 44.9 Å². The third-order valence-corrected chi connectivity index (χ3v) is 3.46. The Kier molecular flexibility index (Phi) is 3.19. The zero-order valence-electron chi connectivity index (χ0n) is 10.5. The van der Waals surface area contributed by atoms with Crippen molar-refractivity contribution < 1.29 is 0 Å². The van der Waals surface area contributed by atoms with E-state index < -0.39 is 5.54 Å². The Bertz CT molecular complexity index is 420. The molecule has 2 N–H and O–H groups in total. The van der Waals surface area contributed by atoms with Crippen molar-refractivity contribution in [3.8, 4) is 6.07 Å². The number of benzene rings is 1. The molecule has 0 fully saturated rings. The van der Waals surface area contributed by atoms with Gasteiger partial charge < -0.3 is 5.73 Å². The number of nitrogens with zero attached hydrogens (tertiary/aromatic N) is 2. The van der Waals surface area contributed by atoms with Gasteiger partial charge in [0.1, 0.15) is 5.54 Å². The maximum absolute atomic E-state index is 8.97. The first-order valence-corrected chi connectivity index (χ1v) is 6.03. The molecule has 2 rings (SSSR count). The smallest absolute Gasteiger partial charge is 0.102 e. The summed E-state index contributed by atoms with van der Waals surface area (Å²) in [5.74, 6) is 0. The summed E-state index contributed by atoms with van der Waals surface area (Å²) in [7, 11) is 0. The number of hydrogen-bond acceptors (Lipinski definition) is 3. The van der Waals surface area contributed by atoms with Crippen LogP contribution in [0.3, 0.4) is 0 Å². The Morgan fingerprint density at radius 2 is 1.94 bits per heavy atom. The molecule has 1 heterocycles. The summed E-state index contributed by atoms with van der Waals surface area (Å²) in [6.07, 6.45) is 0.706. The summed E-state index contributed by atoms with van der Waals surface area (Å²) in [5.41, 5.74) is 7.97. The summed E-state index contributed by atoms with van der Waals surface area (Å²) in [6.45, 7) is 5.89. The van der Waals surface area contributed by atoms with Gasteiger partial charge in [-0.25, -0.2) is 0 Å². The van der Waals surface area contributed by atoms with Gasteiger partial charge in [-0.2, -0.15) is 5.26 Å². The Morgan fingerprint density at radius 3 is 2.41 bits per heavy atom. The van der Waals surface area contributed by atoms with Gasteiger partial charge in [-0.05, 0) is 31.4 Å². The van der Waals surface area contributed by atoms with E-state index in [4.69, 9.17) is 11.0 Å². The molecule has 2 unspecified atom stereocenters. The van der Waals surface area contributed by atoms with Crippen LogP contribution in [-0.2, 0) is 13.1 Å². The highest BCUT2D eigenvalue weighted by Gasteiger charge is 2.28. The monoisotopic (exact) mass is 229 g/mol. The van der Waals surface area contributed by atoms with Gasteiger partial charge in [0.15, 0.2) is 0 Å². The highest BCUT2D eigenvalue weighted by molar-refractivity contribution is 5.30. The van der Waals surface area contributed by atoms with E-state index >= 15 is 0 Å². The van der Waals surface area contributed by atoms with E-state index in [1.54, 1.807) is 6.92 Å². The molecule has 1 aromatic carbocycles. The first-order chi connectivity index (χ1) is 8.02. The normalized spacial score (nSPS) is 20.4. The van der Waals surface area contributed by atoms with Crippen molar-refractivity contribution in [2.24, 2.45) is 5.73 Å². The molecular formula is C14H19N3. The number of hydrogen-bond donors (Lipinski definition) is 1. The average Bonchev–Trinajstić information content (AvgIpc) is 2.72. The van der Waals surface area contributed by atoms with Crippen molar-refractivity contribution in [1.29, 1.82) is 5.26 Å². The van der Waals surface area contributed by atoms with Gasteiger partial charge in [0.2, 0.25) is 0 Å². The minimum absolute atomic E-state index is 0.331. The van der Waals surface area contributed by atoms with Crippen LogP contribution in [0.1, 0.15) is 31.4 Å². The van der Waals surface area contributed by atoms with E-state index in [0.717, 1.165) is 13.1 Å². The largest absolute Gasteiger partial charge is 0.314 e. The molecule has 0 bridgehead atoms. The van der Waals surface area contributed by atoms with Crippen LogP contribution in [-0.4, -0.2) is 16.5 Å². The molecule has 0 spiro atoms. The van der Waals surface area contributed by atoms with Crippen LogP contribution in [0.2, 0.25) is 0 Å². The van der Waals surface area contributed by atoms with E-state index in [9.17, 15) is 0 Å². The molecule has 0 saturated carbocycles. The van der Waals surface area contributed by atoms with Gasteiger partial charge >= 0.3 is 0 Å². The minimum atomic E-state index is -0.728. The standard InChI is InChI=1S/C14H19N3/c1-11(7-14(2,16)10-15)17-8-12-5-3-4-6-13(12)9-17/h3-6,11H,7-9,16H2,1-2H3. The molecule has 0 radical (unpaired) electrons. The molecule has 0 aromatic heterocycles. The second-order valence-corrected chi connectivity index (χ2v) is 5.26. The van der Waals surface area contributed by atoms with E-state index in [2.05, 4.69) is 42.2 Å². The van der Waals surface area contributed by atoms with Crippen LogP contribution in [0.25, 0.3) is 0 Å². The zero-order chi connectivity index (χ0) is 12.5. The fraction of sp³-hybridized carbons (Fsp3) is 0.500. The van der Waals surface area contributed by atoms with Crippen molar-refractivity contribution in [3.63, 3.8) is 0 Å². The van der Waals surface area contributed by atoms with Crippen molar-refractivity contribution >= 4 is 0 Å². The molecule has 0 aliphatic carbocycles. The summed E-state index contributed by atoms with van der Waals surface area (Å²) in [4.78, 5) is 2.38. The Hall–Kier alpha value is -1.37. The molecule has 90 valence electrons. The molecule has 3 heteroatoms. The van der Waals surface area contributed by atoms with Gasteiger partial charge in [-0.15, -0.1) is 0 Å². The van der Waals surface area contributed by atoms with Crippen LogP contribution >= 0.6 is 0 Å². The van der Waals surface area contributed by atoms with Crippen molar-refractivity contribution in [1.82, 2.24) is 4.90 Å². The lowest BCUT2D eigenvalue weighted by Crippen LogP contribution is -2.42. The lowest BCUT2D eigenvalue weighted by atomic mass is 9.96. The molecule has 3 nitrogen and oxygen atoms in total. The van der Waals surface area contributed by atoms with Crippen LogP contribution in [0.5, 0.6) is 0 Å². The fourth-order valence-electron chi connectivity index (χ4n) is 2.46. The third kappa shape index (κ3) is 2.66. The number of fused-ring (bicyclic) bond motifs is 1. The van der Waals surface area contributed by atoms with Crippen molar-refractivity contribution in [3.05, 3.63) is 35.4 Å². The maximum Gasteiger partial charge on any atom is 0.102 e. The topological polar surface area (TPSA) is 53.1 Å². The number of nitriles is 1. The predicted octanol–water partition coefficient (Wildman–Crippen LogP) is 2.02. The molecule has 0 saturated heterocycles. The molecular weight excluding hydrogens is 210 g/mol. The minimum Gasteiger partial charge on any atom is -0.314 e. The summed E-state index contributed by atoms with van der Waals surface area (Å²) in [5, 5.41) is 8.97. The summed E-state index contributed by atoms with van der Waals surface area (Å²) < 4.78 is 0. The molecule has 1 aliphatic heterocycles. The summed E-state index contributed by atoms with van der Waals surface area (Å²) >= 11 is 0. The zero-order valence-corrected chi connectivity index (χ0v) is 10.5. The fourth-order valence-corrected chi connectivity index (χ4v) is 2.46. The summed E-state index contributed by atoms with van der Waals surface area (Å²) in [6, 6.07) is 11.0. The molecule has 0 amide bonds. The molecule has 2 atom stereocenters. The van der Waals surface area contributed by atoms with E-state index in [-0.39, 0.29) is 0 Å². The predicted molar refractivity (Wildman–Crippen MR) is 68.0 cm³/mol. The van der Waals surface area contributed by atoms with Crippen LogP contribution in [0.4, 0.5) is 0 Å². The van der Waals surface area contributed by atoms with Crippen LogP contribution in [0, 0.1) is 11.3 Å². The van der Waals surface area contributed by atoms with Crippen LogP contribution in [0.15, 0.2) is 24.3 Å². The van der Waals surface area contributed by atoms with E-state index in [0.29, 0.717) is 12.5 Å². The lowest BCUT2D eigenvalue weighted by Gasteiger charge is -2.28. The maximum atomic E-state index is 8.97. The number of rotatable bonds is 3. The molecule has 1 aromatic rings. The first-order valence-electron chi connectivity index (χ1n) is 6.03. The number of nitrogens with two attached hydrogens (primary N) is 1. The van der Waals surface area contributed by atoms with Gasteiger partial charge in [0, 0.05) is 19.1 Å². The van der Waals surface area contributed by atoms with Gasteiger partial charge in [-0.1, -0.05) is 24.3 Å². The Morgan fingerprint density at radius 1 is 1.41 bits per heavy atom. The van der Waals surface area contributed by atoms with Gasteiger partial charge in [-0.3, -0.25) is 4.90 Å². The quantitative estimate of drug-likeness (QED) is 0.862. The SMILES string of the molecule is CC(CC(C)(N)C#N)N1Cc2ccccc2C1. The van der Waals surface area contributed by atoms with Crippen molar-refractivity contribution in [2.75, 3.05) is 0 Å². The van der Waals surface area contributed by atoms with Gasteiger partial charge in [0.05, 0.1) is 6.07 Å². The highest BCUT2D eigenvalue weighted by atomic mass is 15.2. The second-order valence-electron chi connectivity index (χ2n) is 5.26. The van der Waals surface area contributed by atoms with Gasteiger partial charge in [0.25, 0.3) is 0 Å². The lowest BCUT2D eigenvalue weighted by molar-refractivity contribution is 0.187. The molecule has 1 aliphatic rings. The van der Waals surface area contributed by atoms with Crippen LogP contribution < -0.4 is 5.73 Å².